The Hall–Kier alpha value is 0.310. The van der Waals surface area contributed by atoms with Crippen LogP contribution in [0.15, 0.2) is 0 Å². The average Bonchev–Trinajstić information content (AvgIpc) is 2.59. The molecule has 16 heavy (non-hydrogen) atoms. The second-order valence-corrected chi connectivity index (χ2v) is 7.62. The maximum atomic E-state index is 3.91. The number of nitrogens with one attached hydrogen (secondary N) is 1. The van der Waals surface area contributed by atoms with Crippen molar-refractivity contribution in [1.82, 2.24) is 5.32 Å². The highest BCUT2D eigenvalue weighted by atomic mass is 32.2. The van der Waals surface area contributed by atoms with Crippen LogP contribution in [0.5, 0.6) is 0 Å². The van der Waals surface area contributed by atoms with Crippen molar-refractivity contribution in [2.75, 3.05) is 6.26 Å². The highest BCUT2D eigenvalue weighted by Gasteiger charge is 2.32. The molecule has 1 nitrogen and oxygen atoms in total. The van der Waals surface area contributed by atoms with Crippen LogP contribution in [-0.4, -0.2) is 23.6 Å². The minimum Gasteiger partial charge on any atom is -0.311 e. The molecular formula is C14H27NS. The largest absolute Gasteiger partial charge is 0.311 e. The third-order valence-corrected chi connectivity index (χ3v) is 5.59. The van der Waals surface area contributed by atoms with Crippen LogP contribution < -0.4 is 5.32 Å². The molecule has 2 aliphatic carbocycles. The molecule has 0 bridgehead atoms. The smallest absolute Gasteiger partial charge is 0.00749 e. The molecule has 1 N–H and O–H groups in total. The molecule has 0 radical (unpaired) electrons. The Balaban J connectivity index is 1.71. The topological polar surface area (TPSA) is 12.0 Å². The SMILES string of the molecule is CSC1CCC(NC2CCC(C)(C)C2)CC1. The molecule has 0 aromatic heterocycles. The van der Waals surface area contributed by atoms with Crippen LogP contribution >= 0.6 is 11.8 Å². The molecule has 1 unspecified atom stereocenters. The zero-order valence-electron chi connectivity index (χ0n) is 11.1. The Kier molecular flexibility index (Phi) is 4.23. The van der Waals surface area contributed by atoms with E-state index in [9.17, 15) is 0 Å². The van der Waals surface area contributed by atoms with E-state index >= 15 is 0 Å². The number of hydrogen-bond donors (Lipinski definition) is 1. The fourth-order valence-electron chi connectivity index (χ4n) is 3.38. The molecule has 2 saturated carbocycles. The Labute approximate surface area is 105 Å². The third-order valence-electron chi connectivity index (χ3n) is 4.45. The van der Waals surface area contributed by atoms with Crippen molar-refractivity contribution in [3.63, 3.8) is 0 Å². The molecule has 0 aromatic rings. The Morgan fingerprint density at radius 1 is 1.00 bits per heavy atom. The van der Waals surface area contributed by atoms with E-state index in [0.29, 0.717) is 5.41 Å². The summed E-state index contributed by atoms with van der Waals surface area (Å²) in [4.78, 5) is 0. The molecule has 0 spiro atoms. The van der Waals surface area contributed by atoms with Gasteiger partial charge in [0.25, 0.3) is 0 Å². The monoisotopic (exact) mass is 241 g/mol. The molecule has 2 heteroatoms. The van der Waals surface area contributed by atoms with Crippen LogP contribution in [0.2, 0.25) is 0 Å². The second-order valence-electron chi connectivity index (χ2n) is 6.48. The molecule has 0 amide bonds. The molecule has 0 aromatic carbocycles. The average molecular weight is 241 g/mol. The quantitative estimate of drug-likeness (QED) is 0.806. The molecule has 1 atom stereocenters. The first-order valence-corrected chi connectivity index (χ1v) is 8.17. The van der Waals surface area contributed by atoms with Crippen molar-refractivity contribution < 1.29 is 0 Å². The summed E-state index contributed by atoms with van der Waals surface area (Å²) >= 11 is 2.06. The lowest BCUT2D eigenvalue weighted by Gasteiger charge is -2.30. The summed E-state index contributed by atoms with van der Waals surface area (Å²) in [5.74, 6) is 0. The van der Waals surface area contributed by atoms with Crippen molar-refractivity contribution in [3.8, 4) is 0 Å². The van der Waals surface area contributed by atoms with Gasteiger partial charge in [0.1, 0.15) is 0 Å². The van der Waals surface area contributed by atoms with Gasteiger partial charge in [-0.25, -0.2) is 0 Å². The molecular weight excluding hydrogens is 214 g/mol. The van der Waals surface area contributed by atoms with Gasteiger partial charge in [0, 0.05) is 17.3 Å². The minimum absolute atomic E-state index is 0.591. The lowest BCUT2D eigenvalue weighted by Crippen LogP contribution is -2.40. The van der Waals surface area contributed by atoms with Crippen molar-refractivity contribution in [1.29, 1.82) is 0 Å². The third kappa shape index (κ3) is 3.40. The summed E-state index contributed by atoms with van der Waals surface area (Å²) < 4.78 is 0. The summed E-state index contributed by atoms with van der Waals surface area (Å²) in [6.45, 7) is 4.83. The van der Waals surface area contributed by atoms with Gasteiger partial charge >= 0.3 is 0 Å². The van der Waals surface area contributed by atoms with Gasteiger partial charge in [-0.05, 0) is 56.6 Å². The fraction of sp³-hybridized carbons (Fsp3) is 1.00. The van der Waals surface area contributed by atoms with Gasteiger partial charge in [-0.3, -0.25) is 0 Å². The Bertz CT molecular complexity index is 219. The van der Waals surface area contributed by atoms with E-state index in [1.807, 2.05) is 0 Å². The van der Waals surface area contributed by atoms with Gasteiger partial charge in [0.2, 0.25) is 0 Å². The first kappa shape index (κ1) is 12.8. The lowest BCUT2D eigenvalue weighted by molar-refractivity contribution is 0.317. The molecule has 2 rings (SSSR count). The molecule has 94 valence electrons. The maximum Gasteiger partial charge on any atom is 0.00749 e. The van der Waals surface area contributed by atoms with Crippen LogP contribution in [0.4, 0.5) is 0 Å². The van der Waals surface area contributed by atoms with Gasteiger partial charge < -0.3 is 5.32 Å². The summed E-state index contributed by atoms with van der Waals surface area (Å²) in [5.41, 5.74) is 0.591. The molecule has 0 heterocycles. The molecule has 0 saturated heterocycles. The predicted octanol–water partition coefficient (Wildman–Crippen LogP) is 3.83. The van der Waals surface area contributed by atoms with Gasteiger partial charge in [0.05, 0.1) is 0 Å². The van der Waals surface area contributed by atoms with Gasteiger partial charge in [-0.15, -0.1) is 0 Å². The van der Waals surface area contributed by atoms with Crippen LogP contribution in [0.25, 0.3) is 0 Å². The Morgan fingerprint density at radius 2 is 1.69 bits per heavy atom. The zero-order valence-corrected chi connectivity index (χ0v) is 11.9. The van der Waals surface area contributed by atoms with E-state index < -0.39 is 0 Å². The molecule has 2 fully saturated rings. The maximum absolute atomic E-state index is 3.91. The Morgan fingerprint density at radius 3 is 2.19 bits per heavy atom. The van der Waals surface area contributed by atoms with Crippen molar-refractivity contribution >= 4 is 11.8 Å². The highest BCUT2D eigenvalue weighted by Crippen LogP contribution is 2.38. The number of hydrogen-bond acceptors (Lipinski definition) is 2. The normalized spacial score (nSPS) is 38.8. The number of rotatable bonds is 3. The van der Waals surface area contributed by atoms with E-state index in [1.54, 1.807) is 0 Å². The zero-order chi connectivity index (χ0) is 11.6. The first-order chi connectivity index (χ1) is 7.59. The van der Waals surface area contributed by atoms with Gasteiger partial charge in [0.15, 0.2) is 0 Å². The summed E-state index contributed by atoms with van der Waals surface area (Å²) in [6, 6.07) is 1.63. The summed E-state index contributed by atoms with van der Waals surface area (Å²) in [7, 11) is 0. The molecule has 2 aliphatic rings. The van der Waals surface area contributed by atoms with Gasteiger partial charge in [-0.2, -0.15) is 11.8 Å². The van der Waals surface area contributed by atoms with E-state index in [2.05, 4.69) is 37.2 Å². The van der Waals surface area contributed by atoms with Crippen molar-refractivity contribution in [3.05, 3.63) is 0 Å². The van der Waals surface area contributed by atoms with Gasteiger partial charge in [-0.1, -0.05) is 13.8 Å². The minimum atomic E-state index is 0.591. The lowest BCUT2D eigenvalue weighted by atomic mass is 9.91. The highest BCUT2D eigenvalue weighted by molar-refractivity contribution is 7.99. The van der Waals surface area contributed by atoms with Crippen LogP contribution in [0.1, 0.15) is 58.8 Å². The molecule has 0 aliphatic heterocycles. The van der Waals surface area contributed by atoms with E-state index in [-0.39, 0.29) is 0 Å². The fourth-order valence-corrected chi connectivity index (χ4v) is 4.12. The first-order valence-electron chi connectivity index (χ1n) is 6.88. The summed E-state index contributed by atoms with van der Waals surface area (Å²) in [5, 5.41) is 4.85. The van der Waals surface area contributed by atoms with E-state index in [1.165, 1.54) is 44.9 Å². The van der Waals surface area contributed by atoms with Crippen molar-refractivity contribution in [2.24, 2.45) is 5.41 Å². The summed E-state index contributed by atoms with van der Waals surface area (Å²) in [6.07, 6.45) is 12.1. The van der Waals surface area contributed by atoms with Crippen LogP contribution in [0.3, 0.4) is 0 Å². The van der Waals surface area contributed by atoms with E-state index in [4.69, 9.17) is 0 Å². The number of thioether (sulfide) groups is 1. The van der Waals surface area contributed by atoms with Crippen molar-refractivity contribution in [2.45, 2.75) is 76.1 Å². The van der Waals surface area contributed by atoms with Crippen LogP contribution in [-0.2, 0) is 0 Å². The van der Waals surface area contributed by atoms with E-state index in [0.717, 1.165) is 17.3 Å². The van der Waals surface area contributed by atoms with Crippen LogP contribution in [0, 0.1) is 5.41 Å². The predicted molar refractivity (Wildman–Crippen MR) is 74.1 cm³/mol. The standard InChI is InChI=1S/C14H27NS/c1-14(2)9-8-12(10-14)15-11-4-6-13(16-3)7-5-11/h11-13,15H,4-10H2,1-3H3. The second kappa shape index (κ2) is 5.30.